The number of aromatic nitrogens is 2. The summed E-state index contributed by atoms with van der Waals surface area (Å²) in [5.74, 6) is 0.450. The topological polar surface area (TPSA) is 97.1 Å². The molecule has 0 fully saturated rings. The maximum absolute atomic E-state index is 11.5. The normalized spacial score (nSPS) is 11.8. The molecule has 0 atom stereocenters. The summed E-state index contributed by atoms with van der Waals surface area (Å²) in [6, 6.07) is 0. The van der Waals surface area contributed by atoms with E-state index in [1.165, 1.54) is 0 Å². The molecule has 7 nitrogen and oxygen atoms in total. The Morgan fingerprint density at radius 1 is 1.44 bits per heavy atom. The molecule has 0 bridgehead atoms. The largest absolute Gasteiger partial charge is 0.343 e. The van der Waals surface area contributed by atoms with Gasteiger partial charge in [0.25, 0.3) is 0 Å². The van der Waals surface area contributed by atoms with Crippen LogP contribution in [0.4, 0.5) is 0 Å². The SMILES string of the molecule is CNCCCCS(=O)(=O)NCc1ncon1. The zero-order chi connectivity index (χ0) is 11.9. The van der Waals surface area contributed by atoms with Crippen LogP contribution in [0.1, 0.15) is 18.7 Å². The highest BCUT2D eigenvalue weighted by Crippen LogP contribution is 1.95. The molecule has 2 N–H and O–H groups in total. The smallest absolute Gasteiger partial charge is 0.213 e. The predicted molar refractivity (Wildman–Crippen MR) is 58.1 cm³/mol. The number of unbranched alkanes of at least 4 members (excludes halogenated alkanes) is 1. The van der Waals surface area contributed by atoms with Gasteiger partial charge in [-0.2, -0.15) is 4.98 Å². The summed E-state index contributed by atoms with van der Waals surface area (Å²) in [7, 11) is -1.40. The van der Waals surface area contributed by atoms with Crippen LogP contribution in [0.2, 0.25) is 0 Å². The van der Waals surface area contributed by atoms with Crippen LogP contribution in [0.25, 0.3) is 0 Å². The minimum absolute atomic E-state index is 0.0743. The van der Waals surface area contributed by atoms with Gasteiger partial charge in [0, 0.05) is 0 Å². The van der Waals surface area contributed by atoms with E-state index in [4.69, 9.17) is 0 Å². The first kappa shape index (κ1) is 13.1. The van der Waals surface area contributed by atoms with Crippen molar-refractivity contribution in [3.8, 4) is 0 Å². The first-order valence-electron chi connectivity index (χ1n) is 5.01. The van der Waals surface area contributed by atoms with Crippen LogP contribution in [-0.4, -0.2) is 37.9 Å². The maximum atomic E-state index is 11.5. The predicted octanol–water partition coefficient (Wildman–Crippen LogP) is -0.511. The van der Waals surface area contributed by atoms with Crippen molar-refractivity contribution < 1.29 is 12.9 Å². The maximum Gasteiger partial charge on any atom is 0.213 e. The third-order valence-electron chi connectivity index (χ3n) is 1.95. The second-order valence-electron chi connectivity index (χ2n) is 3.30. The van der Waals surface area contributed by atoms with Crippen molar-refractivity contribution in [3.63, 3.8) is 0 Å². The lowest BCUT2D eigenvalue weighted by Gasteiger charge is -2.04. The summed E-state index contributed by atoms with van der Waals surface area (Å²) < 4.78 is 29.8. The fourth-order valence-corrected chi connectivity index (χ4v) is 2.19. The molecular weight excluding hydrogens is 232 g/mol. The Morgan fingerprint density at radius 3 is 2.88 bits per heavy atom. The lowest BCUT2D eigenvalue weighted by atomic mass is 10.3. The molecule has 0 aromatic carbocycles. The fraction of sp³-hybridized carbons (Fsp3) is 0.750. The van der Waals surface area contributed by atoms with E-state index in [1.807, 2.05) is 7.05 Å². The molecule has 0 radical (unpaired) electrons. The number of nitrogens with one attached hydrogen (secondary N) is 2. The molecule has 92 valence electrons. The molecule has 1 heterocycles. The molecule has 0 unspecified atom stereocenters. The van der Waals surface area contributed by atoms with Gasteiger partial charge in [-0.3, -0.25) is 0 Å². The van der Waals surface area contributed by atoms with Gasteiger partial charge < -0.3 is 9.84 Å². The van der Waals surface area contributed by atoms with E-state index >= 15 is 0 Å². The Kier molecular flexibility index (Phi) is 5.36. The van der Waals surface area contributed by atoms with Crippen LogP contribution < -0.4 is 10.0 Å². The van der Waals surface area contributed by atoms with Crippen molar-refractivity contribution in [2.75, 3.05) is 19.3 Å². The van der Waals surface area contributed by atoms with Crippen LogP contribution in [0, 0.1) is 0 Å². The lowest BCUT2D eigenvalue weighted by molar-refractivity contribution is 0.409. The average Bonchev–Trinajstić information content (AvgIpc) is 2.75. The first-order chi connectivity index (χ1) is 7.64. The van der Waals surface area contributed by atoms with E-state index in [2.05, 4.69) is 24.7 Å². The minimum Gasteiger partial charge on any atom is -0.343 e. The Morgan fingerprint density at radius 2 is 2.25 bits per heavy atom. The van der Waals surface area contributed by atoms with Gasteiger partial charge in [-0.25, -0.2) is 13.1 Å². The summed E-state index contributed by atoms with van der Waals surface area (Å²) in [5, 5.41) is 6.47. The van der Waals surface area contributed by atoms with Gasteiger partial charge in [0.1, 0.15) is 0 Å². The molecule has 0 aliphatic heterocycles. The first-order valence-corrected chi connectivity index (χ1v) is 6.66. The number of hydrogen-bond acceptors (Lipinski definition) is 6. The molecule has 0 spiro atoms. The molecule has 0 saturated carbocycles. The number of nitrogens with zero attached hydrogens (tertiary/aromatic N) is 2. The average molecular weight is 248 g/mol. The number of sulfonamides is 1. The highest BCUT2D eigenvalue weighted by molar-refractivity contribution is 7.89. The van der Waals surface area contributed by atoms with Gasteiger partial charge in [0.15, 0.2) is 5.82 Å². The van der Waals surface area contributed by atoms with Gasteiger partial charge >= 0.3 is 0 Å². The summed E-state index contributed by atoms with van der Waals surface area (Å²) in [6.45, 7) is 0.894. The third kappa shape index (κ3) is 5.19. The second kappa shape index (κ2) is 6.56. The van der Waals surface area contributed by atoms with Gasteiger partial charge in [-0.05, 0) is 26.4 Å². The van der Waals surface area contributed by atoms with Crippen LogP contribution >= 0.6 is 0 Å². The minimum atomic E-state index is -3.24. The van der Waals surface area contributed by atoms with E-state index in [-0.39, 0.29) is 12.3 Å². The van der Waals surface area contributed by atoms with Crippen LogP contribution in [-0.2, 0) is 16.6 Å². The Hall–Kier alpha value is -0.990. The van der Waals surface area contributed by atoms with Crippen molar-refractivity contribution in [3.05, 3.63) is 12.2 Å². The number of hydrogen-bond donors (Lipinski definition) is 2. The Balaban J connectivity index is 2.23. The fourth-order valence-electron chi connectivity index (χ4n) is 1.11. The molecule has 16 heavy (non-hydrogen) atoms. The van der Waals surface area contributed by atoms with E-state index in [0.717, 1.165) is 19.4 Å². The summed E-state index contributed by atoms with van der Waals surface area (Å²) in [6.07, 6.45) is 2.62. The molecule has 1 rings (SSSR count). The van der Waals surface area contributed by atoms with Gasteiger partial charge in [-0.1, -0.05) is 5.16 Å². The second-order valence-corrected chi connectivity index (χ2v) is 5.22. The summed E-state index contributed by atoms with van der Waals surface area (Å²) in [4.78, 5) is 3.71. The van der Waals surface area contributed by atoms with E-state index in [9.17, 15) is 8.42 Å². The van der Waals surface area contributed by atoms with E-state index in [0.29, 0.717) is 12.2 Å². The van der Waals surface area contributed by atoms with Gasteiger partial charge in [-0.15, -0.1) is 0 Å². The highest BCUT2D eigenvalue weighted by Gasteiger charge is 2.10. The van der Waals surface area contributed by atoms with Crippen LogP contribution in [0.3, 0.4) is 0 Å². The van der Waals surface area contributed by atoms with Crippen molar-refractivity contribution >= 4 is 10.0 Å². The molecule has 0 aliphatic rings. The standard InChI is InChI=1S/C8H16N4O3S/c1-9-4-2-3-5-16(13,14)11-6-8-10-7-15-12-8/h7,9,11H,2-6H2,1H3. The zero-order valence-electron chi connectivity index (χ0n) is 9.14. The van der Waals surface area contributed by atoms with Crippen molar-refractivity contribution in [1.82, 2.24) is 20.2 Å². The number of rotatable bonds is 8. The van der Waals surface area contributed by atoms with Crippen molar-refractivity contribution in [2.24, 2.45) is 0 Å². The zero-order valence-corrected chi connectivity index (χ0v) is 9.96. The van der Waals surface area contributed by atoms with E-state index in [1.54, 1.807) is 0 Å². The van der Waals surface area contributed by atoms with Crippen molar-refractivity contribution in [2.45, 2.75) is 19.4 Å². The monoisotopic (exact) mass is 248 g/mol. The molecule has 1 aromatic rings. The third-order valence-corrected chi connectivity index (χ3v) is 3.36. The van der Waals surface area contributed by atoms with Crippen LogP contribution in [0.15, 0.2) is 10.9 Å². The highest BCUT2D eigenvalue weighted by atomic mass is 32.2. The quantitative estimate of drug-likeness (QED) is 0.601. The summed E-state index contributed by atoms with van der Waals surface area (Å²) >= 11 is 0. The molecule has 0 saturated heterocycles. The van der Waals surface area contributed by atoms with Gasteiger partial charge in [0.2, 0.25) is 16.4 Å². The molecule has 0 amide bonds. The Labute approximate surface area is 94.7 Å². The molecule has 0 aliphatic carbocycles. The Bertz CT molecular complexity index is 376. The molecular formula is C8H16N4O3S. The van der Waals surface area contributed by atoms with Crippen molar-refractivity contribution in [1.29, 1.82) is 0 Å². The van der Waals surface area contributed by atoms with Gasteiger partial charge in [0.05, 0.1) is 12.3 Å². The lowest BCUT2D eigenvalue weighted by Crippen LogP contribution is -2.26. The molecule has 8 heteroatoms. The summed E-state index contributed by atoms with van der Waals surface area (Å²) in [5.41, 5.74) is 0. The van der Waals surface area contributed by atoms with Crippen LogP contribution in [0.5, 0.6) is 0 Å². The van der Waals surface area contributed by atoms with E-state index < -0.39 is 10.0 Å². The molecule has 1 aromatic heterocycles.